The molecule has 2 aromatic carbocycles. The van der Waals surface area contributed by atoms with Crippen molar-refractivity contribution in [2.45, 2.75) is 12.8 Å². The summed E-state index contributed by atoms with van der Waals surface area (Å²) in [6.07, 6.45) is 1.39. The van der Waals surface area contributed by atoms with Crippen LogP contribution in [-0.2, 0) is 9.53 Å². The molecule has 0 radical (unpaired) electrons. The molecular formula is C23H27FN4O4. The van der Waals surface area contributed by atoms with Crippen molar-refractivity contribution in [1.29, 1.82) is 0 Å². The molecule has 0 unspecified atom stereocenters. The molecule has 8 nitrogen and oxygen atoms in total. The van der Waals surface area contributed by atoms with E-state index in [2.05, 4.69) is 10.2 Å². The normalized spacial score (nSPS) is 17.9. The fraction of sp³-hybridized carbons (Fsp3) is 0.435. The molecule has 2 heterocycles. The number of nitrogens with zero attached hydrogens (tertiary/aromatic N) is 3. The number of hydrogen-bond donors (Lipinski definition) is 1. The van der Waals surface area contributed by atoms with Crippen LogP contribution in [0.2, 0.25) is 0 Å². The molecule has 0 bridgehead atoms. The molecule has 2 aromatic rings. The molecule has 9 heteroatoms. The van der Waals surface area contributed by atoms with Gasteiger partial charge in [-0.2, -0.15) is 4.39 Å². The first-order valence-electron chi connectivity index (χ1n) is 10.8. The van der Waals surface area contributed by atoms with Gasteiger partial charge >= 0.3 is 5.69 Å². The summed E-state index contributed by atoms with van der Waals surface area (Å²) >= 11 is 0. The van der Waals surface area contributed by atoms with E-state index in [0.29, 0.717) is 56.1 Å². The van der Waals surface area contributed by atoms with E-state index in [9.17, 15) is 14.9 Å². The molecule has 4 rings (SSSR count). The van der Waals surface area contributed by atoms with Gasteiger partial charge < -0.3 is 19.9 Å². The Kier molecular flexibility index (Phi) is 6.66. The number of piperazine rings is 1. The highest BCUT2D eigenvalue weighted by molar-refractivity contribution is 5.93. The van der Waals surface area contributed by atoms with Gasteiger partial charge in [0.2, 0.25) is 11.7 Å². The number of nitro groups is 1. The zero-order valence-corrected chi connectivity index (χ0v) is 18.1. The van der Waals surface area contributed by atoms with Gasteiger partial charge in [0.05, 0.1) is 4.92 Å². The van der Waals surface area contributed by atoms with E-state index >= 15 is 4.39 Å². The summed E-state index contributed by atoms with van der Waals surface area (Å²) in [4.78, 5) is 27.5. The average Bonchev–Trinajstić information content (AvgIpc) is 2.80. The summed E-state index contributed by atoms with van der Waals surface area (Å²) in [6, 6.07) is 9.92. The van der Waals surface area contributed by atoms with E-state index in [1.807, 2.05) is 11.9 Å². The molecule has 0 atom stereocenters. The SMILES string of the molecule is CN1CCN(c2ccc(-c3ccc(NC(=O)C4CCOCC4)cc3)c(F)c2[N+](=O)[O-])CC1. The van der Waals surface area contributed by atoms with Gasteiger partial charge in [-0.15, -0.1) is 0 Å². The van der Waals surface area contributed by atoms with Crippen LogP contribution in [-0.4, -0.2) is 62.2 Å². The van der Waals surface area contributed by atoms with E-state index in [4.69, 9.17) is 4.74 Å². The lowest BCUT2D eigenvalue weighted by molar-refractivity contribution is -0.386. The summed E-state index contributed by atoms with van der Waals surface area (Å²) in [5.41, 5.74) is 1.10. The third-order valence-corrected chi connectivity index (χ3v) is 6.18. The Morgan fingerprint density at radius 1 is 1.09 bits per heavy atom. The third-order valence-electron chi connectivity index (χ3n) is 6.18. The first-order chi connectivity index (χ1) is 15.4. The first-order valence-corrected chi connectivity index (χ1v) is 10.8. The van der Waals surface area contributed by atoms with E-state index < -0.39 is 16.4 Å². The molecule has 0 spiro atoms. The van der Waals surface area contributed by atoms with E-state index in [-0.39, 0.29) is 17.4 Å². The second kappa shape index (κ2) is 9.62. The lowest BCUT2D eigenvalue weighted by Gasteiger charge is -2.33. The molecule has 0 saturated carbocycles. The first kappa shape index (κ1) is 22.2. The van der Waals surface area contributed by atoms with Gasteiger partial charge in [0, 0.05) is 56.6 Å². The number of halogens is 1. The van der Waals surface area contributed by atoms with Gasteiger partial charge in [0.15, 0.2) is 0 Å². The van der Waals surface area contributed by atoms with Gasteiger partial charge in [0.25, 0.3) is 0 Å². The van der Waals surface area contributed by atoms with Crippen LogP contribution < -0.4 is 10.2 Å². The molecule has 2 aliphatic heterocycles. The van der Waals surface area contributed by atoms with Crippen LogP contribution in [0.1, 0.15) is 12.8 Å². The summed E-state index contributed by atoms with van der Waals surface area (Å²) in [7, 11) is 1.99. The highest BCUT2D eigenvalue weighted by atomic mass is 19.1. The molecule has 170 valence electrons. The van der Waals surface area contributed by atoms with Crippen LogP contribution >= 0.6 is 0 Å². The number of carbonyl (C=O) groups is 1. The third kappa shape index (κ3) is 4.73. The fourth-order valence-electron chi connectivity index (χ4n) is 4.19. The lowest BCUT2D eigenvalue weighted by atomic mass is 9.99. The largest absolute Gasteiger partial charge is 0.381 e. The maximum Gasteiger partial charge on any atom is 0.328 e. The maximum atomic E-state index is 15.3. The Morgan fingerprint density at radius 2 is 1.75 bits per heavy atom. The molecule has 1 N–H and O–H groups in total. The Bertz CT molecular complexity index is 984. The number of likely N-dealkylation sites (N-methyl/N-ethyl adjacent to an activating group) is 1. The van der Waals surface area contributed by atoms with E-state index in [1.54, 1.807) is 36.4 Å². The van der Waals surface area contributed by atoms with Gasteiger partial charge in [-0.1, -0.05) is 12.1 Å². The second-order valence-electron chi connectivity index (χ2n) is 8.30. The minimum absolute atomic E-state index is 0.0561. The quantitative estimate of drug-likeness (QED) is 0.563. The van der Waals surface area contributed by atoms with Gasteiger partial charge in [-0.05, 0) is 49.7 Å². The number of hydrogen-bond acceptors (Lipinski definition) is 6. The number of nitro benzene ring substituents is 1. The van der Waals surface area contributed by atoms with Crippen molar-refractivity contribution in [1.82, 2.24) is 4.90 Å². The van der Waals surface area contributed by atoms with E-state index in [0.717, 1.165) is 13.1 Å². The average molecular weight is 442 g/mol. The van der Waals surface area contributed by atoms with Crippen LogP contribution in [0.5, 0.6) is 0 Å². The summed E-state index contributed by atoms with van der Waals surface area (Å²) < 4.78 is 20.6. The number of carbonyl (C=O) groups excluding carboxylic acids is 1. The Hall–Kier alpha value is -3.04. The van der Waals surface area contributed by atoms with Crippen molar-refractivity contribution in [3.8, 4) is 11.1 Å². The molecule has 2 aliphatic rings. The summed E-state index contributed by atoms with van der Waals surface area (Å²) in [6.45, 7) is 3.91. The van der Waals surface area contributed by atoms with Crippen molar-refractivity contribution >= 4 is 23.0 Å². The number of amides is 1. The van der Waals surface area contributed by atoms with Crippen LogP contribution in [0.4, 0.5) is 21.5 Å². The number of nitrogens with one attached hydrogen (secondary N) is 1. The number of benzene rings is 2. The monoisotopic (exact) mass is 442 g/mol. The zero-order valence-electron chi connectivity index (χ0n) is 18.1. The molecule has 2 fully saturated rings. The summed E-state index contributed by atoms with van der Waals surface area (Å²) in [5, 5.41) is 14.6. The van der Waals surface area contributed by atoms with E-state index in [1.165, 1.54) is 0 Å². The number of ether oxygens (including phenoxy) is 1. The Labute approximate surface area is 186 Å². The van der Waals surface area contributed by atoms with Crippen molar-refractivity contribution < 1.29 is 18.8 Å². The smallest absolute Gasteiger partial charge is 0.328 e. The molecule has 0 aromatic heterocycles. The van der Waals surface area contributed by atoms with Crippen molar-refractivity contribution in [3.05, 3.63) is 52.3 Å². The van der Waals surface area contributed by atoms with Gasteiger partial charge in [-0.25, -0.2) is 0 Å². The highest BCUT2D eigenvalue weighted by Gasteiger charge is 2.29. The topological polar surface area (TPSA) is 88.0 Å². The minimum atomic E-state index is -0.842. The van der Waals surface area contributed by atoms with Crippen molar-refractivity contribution in [2.75, 3.05) is 56.7 Å². The number of anilines is 2. The van der Waals surface area contributed by atoms with Crippen molar-refractivity contribution in [2.24, 2.45) is 5.92 Å². The second-order valence-corrected chi connectivity index (χ2v) is 8.30. The van der Waals surface area contributed by atoms with Crippen LogP contribution in [0, 0.1) is 21.8 Å². The van der Waals surface area contributed by atoms with Crippen molar-refractivity contribution in [3.63, 3.8) is 0 Å². The predicted molar refractivity (Wildman–Crippen MR) is 120 cm³/mol. The van der Waals surface area contributed by atoms with Gasteiger partial charge in [0.1, 0.15) is 5.69 Å². The number of rotatable bonds is 5. The van der Waals surface area contributed by atoms with Crippen LogP contribution in [0.25, 0.3) is 11.1 Å². The van der Waals surface area contributed by atoms with Gasteiger partial charge in [-0.3, -0.25) is 14.9 Å². The Balaban J connectivity index is 1.54. The molecule has 32 heavy (non-hydrogen) atoms. The van der Waals surface area contributed by atoms with Crippen LogP contribution in [0.3, 0.4) is 0 Å². The fourth-order valence-corrected chi connectivity index (χ4v) is 4.19. The predicted octanol–water partition coefficient (Wildman–Crippen LogP) is 3.52. The maximum absolute atomic E-state index is 15.3. The summed E-state index contributed by atoms with van der Waals surface area (Å²) in [5.74, 6) is -0.976. The Morgan fingerprint density at radius 3 is 2.38 bits per heavy atom. The molecular weight excluding hydrogens is 415 g/mol. The highest BCUT2D eigenvalue weighted by Crippen LogP contribution is 2.37. The zero-order chi connectivity index (χ0) is 22.7. The minimum Gasteiger partial charge on any atom is -0.381 e. The standard InChI is InChI=1S/C23H27FN4O4/c1-26-10-12-27(13-11-26)20-7-6-19(21(24)22(20)28(30)31)16-2-4-18(5-3-16)25-23(29)17-8-14-32-15-9-17/h2-7,17H,8-15H2,1H3,(H,25,29). The molecule has 1 amide bonds. The lowest BCUT2D eigenvalue weighted by Crippen LogP contribution is -2.44. The molecule has 2 saturated heterocycles. The molecule has 0 aliphatic carbocycles. The van der Waals surface area contributed by atoms with Crippen LogP contribution in [0.15, 0.2) is 36.4 Å².